The highest BCUT2D eigenvalue weighted by molar-refractivity contribution is 9.10. The van der Waals surface area contributed by atoms with Gasteiger partial charge >= 0.3 is 0 Å². The first-order valence-corrected chi connectivity index (χ1v) is 11.6. The number of anilines is 1. The lowest BCUT2D eigenvalue weighted by Gasteiger charge is -2.17. The third-order valence-corrected chi connectivity index (χ3v) is 6.58. The van der Waals surface area contributed by atoms with Gasteiger partial charge < -0.3 is 5.32 Å². The van der Waals surface area contributed by atoms with E-state index in [4.69, 9.17) is 0 Å². The zero-order chi connectivity index (χ0) is 21.2. The molecule has 0 aliphatic carbocycles. The summed E-state index contributed by atoms with van der Waals surface area (Å²) >= 11 is 3.28. The fourth-order valence-electron chi connectivity index (χ4n) is 2.70. The van der Waals surface area contributed by atoms with Gasteiger partial charge in [0.25, 0.3) is 5.56 Å². The largest absolute Gasteiger partial charge is 0.361 e. The Morgan fingerprint density at radius 3 is 2.55 bits per heavy atom. The van der Waals surface area contributed by atoms with Gasteiger partial charge in [-0.3, -0.25) is 9.36 Å². The summed E-state index contributed by atoms with van der Waals surface area (Å²) in [5.74, 6) is 0.143. The maximum absolute atomic E-state index is 13.0. The van der Waals surface area contributed by atoms with Gasteiger partial charge in [0.05, 0.1) is 11.9 Å². The Bertz CT molecular complexity index is 1190. The Labute approximate surface area is 176 Å². The third-order valence-electron chi connectivity index (χ3n) is 4.56. The molecule has 0 spiro atoms. The van der Waals surface area contributed by atoms with Crippen molar-refractivity contribution < 1.29 is 8.42 Å². The van der Waals surface area contributed by atoms with Crippen LogP contribution in [0.25, 0.3) is 11.3 Å². The van der Waals surface area contributed by atoms with E-state index in [1.807, 2.05) is 13.8 Å². The van der Waals surface area contributed by atoms with E-state index in [0.29, 0.717) is 15.9 Å². The van der Waals surface area contributed by atoms with Gasteiger partial charge in [-0.2, -0.15) is 0 Å². The smallest absolute Gasteiger partial charge is 0.295 e. The Morgan fingerprint density at radius 1 is 1.17 bits per heavy atom. The summed E-state index contributed by atoms with van der Waals surface area (Å²) in [6.45, 7) is 5.75. The van der Waals surface area contributed by atoms with Crippen LogP contribution < -0.4 is 10.9 Å². The SMILES string of the molecule is CC[C@H](C)n1c(=O)c(NCc2ccc(S(=O)(=O)CC)nc2)nc2ncc(Br)nc21. The van der Waals surface area contributed by atoms with Gasteiger partial charge in [-0.15, -0.1) is 0 Å². The van der Waals surface area contributed by atoms with Crippen LogP contribution in [0.4, 0.5) is 5.82 Å². The molecule has 0 aromatic carbocycles. The molecule has 11 heteroatoms. The van der Waals surface area contributed by atoms with Crippen LogP contribution in [-0.4, -0.2) is 38.7 Å². The second-order valence-electron chi connectivity index (χ2n) is 6.49. The van der Waals surface area contributed by atoms with E-state index < -0.39 is 9.84 Å². The van der Waals surface area contributed by atoms with Crippen LogP contribution >= 0.6 is 15.9 Å². The lowest BCUT2D eigenvalue weighted by molar-refractivity contribution is 0.526. The predicted octanol–water partition coefficient (Wildman–Crippen LogP) is 2.72. The highest BCUT2D eigenvalue weighted by Gasteiger charge is 2.17. The fraction of sp³-hybridized carbons (Fsp3) is 0.389. The first kappa shape index (κ1) is 21.3. The van der Waals surface area contributed by atoms with E-state index in [9.17, 15) is 13.2 Å². The van der Waals surface area contributed by atoms with Gasteiger partial charge in [0.15, 0.2) is 32.0 Å². The summed E-state index contributed by atoms with van der Waals surface area (Å²) in [7, 11) is -3.35. The van der Waals surface area contributed by atoms with Crippen molar-refractivity contribution in [3.63, 3.8) is 0 Å². The Morgan fingerprint density at radius 2 is 1.93 bits per heavy atom. The standard InChI is InChI=1S/C18H21BrN6O3S/c1-4-11(3)25-17-15(22-10-13(19)23-17)24-16(18(25)26)21-9-12-6-7-14(20-8-12)29(27,28)5-2/h6-8,10-11H,4-5,9H2,1-3H3,(H,21,22,24)/t11-/m0/s1. The van der Waals surface area contributed by atoms with Crippen molar-refractivity contribution in [3.8, 4) is 0 Å². The monoisotopic (exact) mass is 480 g/mol. The van der Waals surface area contributed by atoms with Crippen molar-refractivity contribution in [2.24, 2.45) is 0 Å². The number of sulfone groups is 1. The Kier molecular flexibility index (Phi) is 6.27. The Balaban J connectivity index is 1.94. The number of nitrogens with one attached hydrogen (secondary N) is 1. The molecule has 0 unspecified atom stereocenters. The summed E-state index contributed by atoms with van der Waals surface area (Å²) in [5, 5.41) is 3.05. The van der Waals surface area contributed by atoms with Crippen molar-refractivity contribution >= 4 is 42.9 Å². The minimum Gasteiger partial charge on any atom is -0.361 e. The van der Waals surface area contributed by atoms with Gasteiger partial charge in [0.1, 0.15) is 4.60 Å². The molecule has 154 valence electrons. The van der Waals surface area contributed by atoms with Crippen molar-refractivity contribution in [2.45, 2.75) is 44.8 Å². The predicted molar refractivity (Wildman–Crippen MR) is 114 cm³/mol. The fourth-order valence-corrected chi connectivity index (χ4v) is 3.75. The first-order chi connectivity index (χ1) is 13.8. The van der Waals surface area contributed by atoms with Crippen LogP contribution in [0.15, 0.2) is 39.0 Å². The third kappa shape index (κ3) is 4.45. The van der Waals surface area contributed by atoms with E-state index in [-0.39, 0.29) is 34.7 Å². The summed E-state index contributed by atoms with van der Waals surface area (Å²) in [4.78, 5) is 30.0. The molecule has 0 aliphatic rings. The van der Waals surface area contributed by atoms with E-state index in [0.717, 1.165) is 12.0 Å². The minimum absolute atomic E-state index is 0.00902. The lowest BCUT2D eigenvalue weighted by Crippen LogP contribution is -2.28. The molecule has 1 N–H and O–H groups in total. The van der Waals surface area contributed by atoms with Crippen molar-refractivity contribution in [2.75, 3.05) is 11.1 Å². The summed E-state index contributed by atoms with van der Waals surface area (Å²) < 4.78 is 25.8. The summed E-state index contributed by atoms with van der Waals surface area (Å²) in [6.07, 6.45) is 3.74. The maximum Gasteiger partial charge on any atom is 0.295 e. The zero-order valence-electron chi connectivity index (χ0n) is 16.3. The van der Waals surface area contributed by atoms with Crippen LogP contribution in [0, 0.1) is 0 Å². The van der Waals surface area contributed by atoms with Crippen LogP contribution in [0.5, 0.6) is 0 Å². The molecular weight excluding hydrogens is 460 g/mol. The van der Waals surface area contributed by atoms with Crippen LogP contribution in [-0.2, 0) is 16.4 Å². The van der Waals surface area contributed by atoms with E-state index in [2.05, 4.69) is 41.2 Å². The molecule has 3 heterocycles. The molecule has 3 aromatic rings. The second-order valence-corrected chi connectivity index (χ2v) is 9.53. The normalized spacial score (nSPS) is 12.8. The van der Waals surface area contributed by atoms with E-state index in [1.54, 1.807) is 17.6 Å². The number of nitrogens with zero attached hydrogens (tertiary/aromatic N) is 5. The number of halogens is 1. The molecule has 0 saturated carbocycles. The molecule has 0 aliphatic heterocycles. The number of fused-ring (bicyclic) bond motifs is 1. The second kappa shape index (κ2) is 8.54. The van der Waals surface area contributed by atoms with Crippen LogP contribution in [0.3, 0.4) is 0 Å². The topological polar surface area (TPSA) is 120 Å². The average molecular weight is 481 g/mol. The molecule has 0 radical (unpaired) electrons. The number of hydrogen-bond donors (Lipinski definition) is 1. The number of hydrogen-bond acceptors (Lipinski definition) is 8. The molecule has 9 nitrogen and oxygen atoms in total. The van der Waals surface area contributed by atoms with Gasteiger partial charge in [-0.1, -0.05) is 19.9 Å². The van der Waals surface area contributed by atoms with Gasteiger partial charge in [-0.25, -0.2) is 28.4 Å². The number of rotatable bonds is 7. The molecule has 0 amide bonds. The quantitative estimate of drug-likeness (QED) is 0.547. The van der Waals surface area contributed by atoms with Crippen molar-refractivity contribution in [3.05, 3.63) is 45.0 Å². The Hall–Kier alpha value is -2.40. The molecule has 3 rings (SSSR count). The molecular formula is C18H21BrN6O3S. The summed E-state index contributed by atoms with van der Waals surface area (Å²) in [5.41, 5.74) is 1.20. The molecule has 29 heavy (non-hydrogen) atoms. The van der Waals surface area contributed by atoms with Crippen molar-refractivity contribution in [1.82, 2.24) is 24.5 Å². The number of aromatic nitrogens is 5. The number of pyridine rings is 1. The zero-order valence-corrected chi connectivity index (χ0v) is 18.7. The van der Waals surface area contributed by atoms with E-state index >= 15 is 0 Å². The van der Waals surface area contributed by atoms with Crippen LogP contribution in [0.1, 0.15) is 38.8 Å². The first-order valence-electron chi connectivity index (χ1n) is 9.13. The lowest BCUT2D eigenvalue weighted by atomic mass is 10.2. The summed E-state index contributed by atoms with van der Waals surface area (Å²) in [6, 6.07) is 3.04. The van der Waals surface area contributed by atoms with E-state index in [1.165, 1.54) is 18.5 Å². The van der Waals surface area contributed by atoms with Gasteiger partial charge in [0, 0.05) is 18.8 Å². The highest BCUT2D eigenvalue weighted by atomic mass is 79.9. The molecule has 0 bridgehead atoms. The molecule has 3 aromatic heterocycles. The molecule has 0 fully saturated rings. The van der Waals surface area contributed by atoms with Crippen molar-refractivity contribution in [1.29, 1.82) is 0 Å². The van der Waals surface area contributed by atoms with Gasteiger partial charge in [-0.05, 0) is 40.9 Å². The maximum atomic E-state index is 13.0. The molecule has 1 atom stereocenters. The van der Waals surface area contributed by atoms with Gasteiger partial charge in [0.2, 0.25) is 0 Å². The molecule has 0 saturated heterocycles. The highest BCUT2D eigenvalue weighted by Crippen LogP contribution is 2.18. The minimum atomic E-state index is -3.35. The average Bonchev–Trinajstić information content (AvgIpc) is 2.72. The van der Waals surface area contributed by atoms with Crippen LogP contribution in [0.2, 0.25) is 0 Å².